The lowest BCUT2D eigenvalue weighted by molar-refractivity contribution is 0.410. The number of ether oxygens (including phenoxy) is 1. The predicted octanol–water partition coefficient (Wildman–Crippen LogP) is 3.98. The summed E-state index contributed by atoms with van der Waals surface area (Å²) in [7, 11) is 1.50. The molecule has 0 fully saturated rings. The van der Waals surface area contributed by atoms with Crippen LogP contribution in [-0.2, 0) is 6.54 Å². The van der Waals surface area contributed by atoms with Crippen LogP contribution in [0.5, 0.6) is 5.75 Å². The molecule has 3 aromatic rings. The van der Waals surface area contributed by atoms with Gasteiger partial charge in [0.1, 0.15) is 17.4 Å². The van der Waals surface area contributed by atoms with Gasteiger partial charge in [0, 0.05) is 28.7 Å². The first kappa shape index (κ1) is 12.7. The Morgan fingerprint density at radius 3 is 2.65 bits per heavy atom. The highest BCUT2D eigenvalue weighted by Crippen LogP contribution is 2.21. The third-order valence-corrected chi connectivity index (χ3v) is 3.33. The molecule has 3 rings (SSSR count). The van der Waals surface area contributed by atoms with Gasteiger partial charge in [-0.25, -0.2) is 8.78 Å². The molecule has 0 amide bonds. The van der Waals surface area contributed by atoms with Crippen molar-refractivity contribution in [3.05, 3.63) is 65.9 Å². The number of nitrogens with zero attached hydrogens (tertiary/aromatic N) is 1. The Balaban J connectivity index is 1.97. The first-order chi connectivity index (χ1) is 9.67. The number of halogens is 2. The fraction of sp³-hybridized carbons (Fsp3) is 0.125. The van der Waals surface area contributed by atoms with E-state index in [-0.39, 0.29) is 11.6 Å². The molecule has 20 heavy (non-hydrogen) atoms. The van der Waals surface area contributed by atoms with E-state index < -0.39 is 0 Å². The van der Waals surface area contributed by atoms with Crippen LogP contribution in [0.1, 0.15) is 5.56 Å². The Kier molecular flexibility index (Phi) is 3.14. The molecule has 0 spiro atoms. The van der Waals surface area contributed by atoms with Gasteiger partial charge in [-0.15, -0.1) is 0 Å². The van der Waals surface area contributed by atoms with Crippen molar-refractivity contribution in [1.82, 2.24) is 4.57 Å². The number of hydrogen-bond donors (Lipinski definition) is 0. The van der Waals surface area contributed by atoms with Crippen molar-refractivity contribution in [2.45, 2.75) is 6.54 Å². The molecule has 0 aliphatic carbocycles. The van der Waals surface area contributed by atoms with Gasteiger partial charge in [0.05, 0.1) is 13.7 Å². The second-order valence-corrected chi connectivity index (χ2v) is 4.60. The lowest BCUT2D eigenvalue weighted by Crippen LogP contribution is -2.01. The fourth-order valence-electron chi connectivity index (χ4n) is 2.28. The zero-order valence-corrected chi connectivity index (χ0v) is 10.9. The maximum absolute atomic E-state index is 13.9. The van der Waals surface area contributed by atoms with Crippen LogP contribution in [0.4, 0.5) is 8.78 Å². The maximum Gasteiger partial charge on any atom is 0.131 e. The van der Waals surface area contributed by atoms with Gasteiger partial charge in [0.15, 0.2) is 0 Å². The van der Waals surface area contributed by atoms with E-state index in [1.807, 2.05) is 16.8 Å². The van der Waals surface area contributed by atoms with Crippen LogP contribution in [0, 0.1) is 11.6 Å². The van der Waals surface area contributed by atoms with Gasteiger partial charge >= 0.3 is 0 Å². The van der Waals surface area contributed by atoms with E-state index in [1.54, 1.807) is 18.2 Å². The molecule has 0 unspecified atom stereocenters. The van der Waals surface area contributed by atoms with Gasteiger partial charge in [-0.05, 0) is 30.3 Å². The van der Waals surface area contributed by atoms with Crippen molar-refractivity contribution in [1.29, 1.82) is 0 Å². The number of fused-ring (bicyclic) bond motifs is 1. The number of rotatable bonds is 3. The lowest BCUT2D eigenvalue weighted by atomic mass is 10.2. The summed E-state index contributed by atoms with van der Waals surface area (Å²) in [4.78, 5) is 0. The largest absolute Gasteiger partial charge is 0.497 e. The van der Waals surface area contributed by atoms with Gasteiger partial charge in [0.2, 0.25) is 0 Å². The molecule has 0 N–H and O–H groups in total. The molecule has 0 saturated carbocycles. The number of benzene rings is 2. The molecule has 1 aromatic heterocycles. The zero-order valence-electron chi connectivity index (χ0n) is 10.9. The standard InChI is InChI=1S/C16H13F2NO/c1-20-14-4-2-12(15(18)9-14)10-19-7-6-11-8-13(17)3-5-16(11)19/h2-9H,10H2,1H3. The first-order valence-corrected chi connectivity index (χ1v) is 6.24. The second kappa shape index (κ2) is 4.96. The van der Waals surface area contributed by atoms with Crippen LogP contribution in [-0.4, -0.2) is 11.7 Å². The van der Waals surface area contributed by atoms with Crippen LogP contribution in [0.25, 0.3) is 10.9 Å². The normalized spacial score (nSPS) is 10.9. The molecule has 1 heterocycles. The van der Waals surface area contributed by atoms with Crippen LogP contribution < -0.4 is 4.74 Å². The minimum atomic E-state index is -0.312. The van der Waals surface area contributed by atoms with Crippen molar-refractivity contribution >= 4 is 10.9 Å². The smallest absolute Gasteiger partial charge is 0.131 e. The van der Waals surface area contributed by atoms with Crippen LogP contribution >= 0.6 is 0 Å². The molecule has 102 valence electrons. The second-order valence-electron chi connectivity index (χ2n) is 4.60. The fourth-order valence-corrected chi connectivity index (χ4v) is 2.28. The third-order valence-electron chi connectivity index (χ3n) is 3.33. The van der Waals surface area contributed by atoms with Gasteiger partial charge < -0.3 is 9.30 Å². The van der Waals surface area contributed by atoms with Gasteiger partial charge in [-0.3, -0.25) is 0 Å². The summed E-state index contributed by atoms with van der Waals surface area (Å²) in [5.41, 5.74) is 1.44. The first-order valence-electron chi connectivity index (χ1n) is 6.24. The minimum absolute atomic E-state index is 0.272. The molecule has 0 saturated heterocycles. The monoisotopic (exact) mass is 273 g/mol. The van der Waals surface area contributed by atoms with E-state index in [0.29, 0.717) is 17.9 Å². The molecule has 2 aromatic carbocycles. The number of aromatic nitrogens is 1. The average molecular weight is 273 g/mol. The average Bonchev–Trinajstić information content (AvgIpc) is 2.83. The summed E-state index contributed by atoms with van der Waals surface area (Å²) in [6.07, 6.45) is 1.83. The quantitative estimate of drug-likeness (QED) is 0.704. The molecule has 0 atom stereocenters. The summed E-state index contributed by atoms with van der Waals surface area (Å²) in [6.45, 7) is 0.394. The predicted molar refractivity (Wildman–Crippen MR) is 74.0 cm³/mol. The molecule has 2 nitrogen and oxygen atoms in total. The van der Waals surface area contributed by atoms with E-state index in [0.717, 1.165) is 10.9 Å². The molecule has 0 bridgehead atoms. The molecule has 0 aliphatic rings. The van der Waals surface area contributed by atoms with Crippen molar-refractivity contribution in [3.8, 4) is 5.75 Å². The summed E-state index contributed by atoms with van der Waals surface area (Å²) in [6, 6.07) is 11.2. The Morgan fingerprint density at radius 2 is 1.90 bits per heavy atom. The number of hydrogen-bond acceptors (Lipinski definition) is 1. The van der Waals surface area contributed by atoms with Crippen molar-refractivity contribution in [3.63, 3.8) is 0 Å². The van der Waals surface area contributed by atoms with Crippen molar-refractivity contribution < 1.29 is 13.5 Å². The summed E-state index contributed by atoms with van der Waals surface area (Å²) in [5.74, 6) is -0.0927. The van der Waals surface area contributed by atoms with Crippen molar-refractivity contribution in [2.75, 3.05) is 7.11 Å². The van der Waals surface area contributed by atoms with E-state index in [9.17, 15) is 8.78 Å². The molecular formula is C16H13F2NO. The maximum atomic E-state index is 13.9. The highest BCUT2D eigenvalue weighted by molar-refractivity contribution is 5.80. The molecule has 0 radical (unpaired) electrons. The van der Waals surface area contributed by atoms with Gasteiger partial charge in [-0.2, -0.15) is 0 Å². The minimum Gasteiger partial charge on any atom is -0.497 e. The Hall–Kier alpha value is -2.36. The van der Waals surface area contributed by atoms with Crippen molar-refractivity contribution in [2.24, 2.45) is 0 Å². The van der Waals surface area contributed by atoms with E-state index in [1.165, 1.54) is 25.3 Å². The van der Waals surface area contributed by atoms with Crippen LogP contribution in [0.3, 0.4) is 0 Å². The topological polar surface area (TPSA) is 14.2 Å². The molecule has 4 heteroatoms. The Morgan fingerprint density at radius 1 is 1.05 bits per heavy atom. The van der Waals surface area contributed by atoms with E-state index in [2.05, 4.69) is 0 Å². The van der Waals surface area contributed by atoms with E-state index in [4.69, 9.17) is 4.74 Å². The highest BCUT2D eigenvalue weighted by atomic mass is 19.1. The summed E-state index contributed by atoms with van der Waals surface area (Å²) < 4.78 is 33.9. The third kappa shape index (κ3) is 2.25. The van der Waals surface area contributed by atoms with Crippen LogP contribution in [0.15, 0.2) is 48.7 Å². The summed E-state index contributed by atoms with van der Waals surface area (Å²) >= 11 is 0. The van der Waals surface area contributed by atoms with Gasteiger partial charge in [0.25, 0.3) is 0 Å². The lowest BCUT2D eigenvalue weighted by Gasteiger charge is -2.08. The Labute approximate surface area is 115 Å². The van der Waals surface area contributed by atoms with E-state index >= 15 is 0 Å². The zero-order chi connectivity index (χ0) is 14.1. The SMILES string of the molecule is COc1ccc(Cn2ccc3cc(F)ccc32)c(F)c1. The van der Waals surface area contributed by atoms with Gasteiger partial charge in [-0.1, -0.05) is 6.07 Å². The van der Waals surface area contributed by atoms with Crippen LogP contribution in [0.2, 0.25) is 0 Å². The number of methoxy groups -OCH3 is 1. The molecular weight excluding hydrogens is 260 g/mol. The Bertz CT molecular complexity index is 764. The molecule has 0 aliphatic heterocycles. The highest BCUT2D eigenvalue weighted by Gasteiger charge is 2.07. The summed E-state index contributed by atoms with van der Waals surface area (Å²) in [5, 5.41) is 0.805.